The monoisotopic (exact) mass is 297 g/mol. The Bertz CT molecular complexity index is 588. The van der Waals surface area contributed by atoms with Gasteiger partial charge in [-0.05, 0) is 31.9 Å². The highest BCUT2D eigenvalue weighted by atomic mass is 15.3. The quantitative estimate of drug-likeness (QED) is 0.833. The van der Waals surface area contributed by atoms with Gasteiger partial charge in [-0.15, -0.1) is 5.10 Å². The van der Waals surface area contributed by atoms with Crippen LogP contribution in [0.4, 0.5) is 17.5 Å². The van der Waals surface area contributed by atoms with Crippen molar-refractivity contribution in [2.45, 2.75) is 51.5 Å². The van der Waals surface area contributed by atoms with E-state index in [4.69, 9.17) is 0 Å². The van der Waals surface area contributed by atoms with E-state index < -0.39 is 0 Å². The molecule has 1 fully saturated rings. The number of hydrogen-bond acceptors (Lipinski definition) is 5. The van der Waals surface area contributed by atoms with Crippen molar-refractivity contribution in [1.82, 2.24) is 15.2 Å². The smallest absolute Gasteiger partial charge is 0.249 e. The number of nitrogens with one attached hydrogen (secondary N) is 2. The lowest BCUT2D eigenvalue weighted by molar-refractivity contribution is 0.617. The summed E-state index contributed by atoms with van der Waals surface area (Å²) in [7, 11) is 0. The van der Waals surface area contributed by atoms with Crippen LogP contribution in [0.25, 0.3) is 0 Å². The van der Waals surface area contributed by atoms with Gasteiger partial charge in [0.25, 0.3) is 0 Å². The molecular weight excluding hydrogens is 274 g/mol. The molecule has 3 rings (SSSR count). The zero-order valence-electron chi connectivity index (χ0n) is 13.0. The fourth-order valence-corrected chi connectivity index (χ4v) is 2.82. The number of aromatic nitrogens is 3. The highest BCUT2D eigenvalue weighted by Gasteiger charge is 2.13. The molecule has 2 N–H and O–H groups in total. The fourth-order valence-electron chi connectivity index (χ4n) is 2.82. The summed E-state index contributed by atoms with van der Waals surface area (Å²) in [4.78, 5) is 4.52. The lowest BCUT2D eigenvalue weighted by atomic mass is 10.1. The summed E-state index contributed by atoms with van der Waals surface area (Å²) in [6.45, 7) is 2.07. The van der Waals surface area contributed by atoms with E-state index in [2.05, 4.69) is 44.9 Å². The summed E-state index contributed by atoms with van der Waals surface area (Å²) >= 11 is 0. The van der Waals surface area contributed by atoms with E-state index in [9.17, 15) is 0 Å². The maximum atomic E-state index is 4.52. The van der Waals surface area contributed by atoms with Crippen molar-refractivity contribution in [1.29, 1.82) is 0 Å². The van der Waals surface area contributed by atoms with Crippen LogP contribution in [0, 0.1) is 6.92 Å². The number of anilines is 3. The lowest BCUT2D eigenvalue weighted by Crippen LogP contribution is -2.19. The van der Waals surface area contributed by atoms with Gasteiger partial charge in [0, 0.05) is 11.7 Å². The summed E-state index contributed by atoms with van der Waals surface area (Å²) in [6.07, 6.45) is 9.41. The molecule has 0 spiro atoms. The van der Waals surface area contributed by atoms with Crippen molar-refractivity contribution in [2.75, 3.05) is 10.6 Å². The molecule has 0 radical (unpaired) electrons. The summed E-state index contributed by atoms with van der Waals surface area (Å²) < 4.78 is 0. The predicted molar refractivity (Wildman–Crippen MR) is 89.4 cm³/mol. The predicted octanol–water partition coefficient (Wildman–Crippen LogP) is 4.06. The molecule has 1 saturated carbocycles. The third kappa shape index (κ3) is 4.16. The molecule has 0 atom stereocenters. The second-order valence-corrected chi connectivity index (χ2v) is 5.99. The minimum Gasteiger partial charge on any atom is -0.366 e. The van der Waals surface area contributed by atoms with Gasteiger partial charge in [0.15, 0.2) is 5.82 Å². The lowest BCUT2D eigenvalue weighted by Gasteiger charge is -2.16. The van der Waals surface area contributed by atoms with Crippen molar-refractivity contribution < 1.29 is 0 Å². The van der Waals surface area contributed by atoms with Crippen molar-refractivity contribution in [2.24, 2.45) is 0 Å². The van der Waals surface area contributed by atoms with Gasteiger partial charge in [-0.25, -0.2) is 0 Å². The Kier molecular flexibility index (Phi) is 4.83. The van der Waals surface area contributed by atoms with Crippen molar-refractivity contribution >= 4 is 17.5 Å². The first-order valence-electron chi connectivity index (χ1n) is 8.09. The van der Waals surface area contributed by atoms with E-state index in [1.807, 2.05) is 12.1 Å². The molecule has 1 aliphatic rings. The van der Waals surface area contributed by atoms with E-state index in [1.54, 1.807) is 6.20 Å². The van der Waals surface area contributed by atoms with Gasteiger partial charge in [0.1, 0.15) is 0 Å². The van der Waals surface area contributed by atoms with Gasteiger partial charge in [0.2, 0.25) is 5.95 Å². The first-order valence-corrected chi connectivity index (χ1v) is 8.09. The SMILES string of the molecule is Cc1ccc(Nc2nncc(NC3CCCCCC3)n2)cc1. The van der Waals surface area contributed by atoms with Gasteiger partial charge < -0.3 is 10.6 Å². The minimum absolute atomic E-state index is 0.506. The second kappa shape index (κ2) is 7.20. The molecule has 5 heteroatoms. The van der Waals surface area contributed by atoms with Crippen LogP contribution >= 0.6 is 0 Å². The van der Waals surface area contributed by atoms with Gasteiger partial charge >= 0.3 is 0 Å². The van der Waals surface area contributed by atoms with Crippen LogP contribution in [0.15, 0.2) is 30.5 Å². The van der Waals surface area contributed by atoms with Gasteiger partial charge in [0.05, 0.1) is 6.20 Å². The van der Waals surface area contributed by atoms with Crippen LogP contribution < -0.4 is 10.6 Å². The maximum Gasteiger partial charge on any atom is 0.249 e. The molecule has 1 aromatic carbocycles. The van der Waals surface area contributed by atoms with E-state index in [-0.39, 0.29) is 0 Å². The third-order valence-corrected chi connectivity index (χ3v) is 4.07. The van der Waals surface area contributed by atoms with Crippen molar-refractivity contribution in [3.05, 3.63) is 36.0 Å². The van der Waals surface area contributed by atoms with E-state index in [0.717, 1.165) is 11.5 Å². The van der Waals surface area contributed by atoms with Gasteiger partial charge in [-0.2, -0.15) is 10.1 Å². The molecule has 0 amide bonds. The number of hydrogen-bond donors (Lipinski definition) is 2. The standard InChI is InChI=1S/C17H23N5/c1-13-8-10-15(11-9-13)20-17-21-16(12-18-22-17)19-14-6-4-2-3-5-7-14/h8-12,14H,2-7H2,1H3,(H2,19,20,21,22). The molecular formula is C17H23N5. The summed E-state index contributed by atoms with van der Waals surface area (Å²) in [5.41, 5.74) is 2.20. The third-order valence-electron chi connectivity index (χ3n) is 4.07. The number of rotatable bonds is 4. The fraction of sp³-hybridized carbons (Fsp3) is 0.471. The van der Waals surface area contributed by atoms with E-state index in [1.165, 1.54) is 44.1 Å². The Labute approximate surface area is 131 Å². The normalized spacial score (nSPS) is 16.0. The largest absolute Gasteiger partial charge is 0.366 e. The molecule has 0 unspecified atom stereocenters. The highest BCUT2D eigenvalue weighted by Crippen LogP contribution is 2.21. The first kappa shape index (κ1) is 14.8. The summed E-state index contributed by atoms with van der Waals surface area (Å²) in [5.74, 6) is 1.33. The van der Waals surface area contributed by atoms with Crippen LogP contribution in [0.5, 0.6) is 0 Å². The molecule has 22 heavy (non-hydrogen) atoms. The first-order chi connectivity index (χ1) is 10.8. The molecule has 5 nitrogen and oxygen atoms in total. The minimum atomic E-state index is 0.506. The molecule has 2 aromatic rings. The van der Waals surface area contributed by atoms with Crippen LogP contribution in [0.1, 0.15) is 44.1 Å². The number of nitrogens with zero attached hydrogens (tertiary/aromatic N) is 3. The van der Waals surface area contributed by atoms with Gasteiger partial charge in [-0.1, -0.05) is 43.4 Å². The Morgan fingerprint density at radius 1 is 1.00 bits per heavy atom. The van der Waals surface area contributed by atoms with Crippen LogP contribution in [-0.2, 0) is 0 Å². The number of aryl methyl sites for hydroxylation is 1. The summed E-state index contributed by atoms with van der Waals surface area (Å²) in [6, 6.07) is 8.66. The molecule has 0 saturated heterocycles. The van der Waals surface area contributed by atoms with Crippen LogP contribution in [-0.4, -0.2) is 21.2 Å². The second-order valence-electron chi connectivity index (χ2n) is 5.99. The van der Waals surface area contributed by atoms with Crippen LogP contribution in [0.3, 0.4) is 0 Å². The topological polar surface area (TPSA) is 62.7 Å². The van der Waals surface area contributed by atoms with E-state index in [0.29, 0.717) is 12.0 Å². The van der Waals surface area contributed by atoms with Crippen molar-refractivity contribution in [3.63, 3.8) is 0 Å². The molecule has 1 heterocycles. The highest BCUT2D eigenvalue weighted by molar-refractivity contribution is 5.54. The number of benzene rings is 1. The maximum absolute atomic E-state index is 4.52. The Balaban J connectivity index is 1.65. The Hall–Kier alpha value is -2.17. The Morgan fingerprint density at radius 3 is 2.45 bits per heavy atom. The molecule has 0 bridgehead atoms. The molecule has 1 aliphatic carbocycles. The molecule has 0 aliphatic heterocycles. The van der Waals surface area contributed by atoms with Crippen LogP contribution in [0.2, 0.25) is 0 Å². The molecule has 1 aromatic heterocycles. The molecule has 116 valence electrons. The average molecular weight is 297 g/mol. The van der Waals surface area contributed by atoms with Crippen molar-refractivity contribution in [3.8, 4) is 0 Å². The Morgan fingerprint density at radius 2 is 1.73 bits per heavy atom. The zero-order valence-corrected chi connectivity index (χ0v) is 13.0. The van der Waals surface area contributed by atoms with E-state index >= 15 is 0 Å². The average Bonchev–Trinajstić information content (AvgIpc) is 2.79. The van der Waals surface area contributed by atoms with Gasteiger partial charge in [-0.3, -0.25) is 0 Å². The summed E-state index contributed by atoms with van der Waals surface area (Å²) in [5, 5.41) is 14.8. The zero-order chi connectivity index (χ0) is 15.2.